The van der Waals surface area contributed by atoms with Crippen LogP contribution in [0.4, 0.5) is 0 Å². The number of hydrogen-bond donors (Lipinski definition) is 0. The van der Waals surface area contributed by atoms with Crippen LogP contribution in [0.15, 0.2) is 72.8 Å². The summed E-state index contributed by atoms with van der Waals surface area (Å²) >= 11 is 0. The van der Waals surface area contributed by atoms with E-state index in [1.165, 1.54) is 33.4 Å². The first-order valence-corrected chi connectivity index (χ1v) is 6.68. The summed E-state index contributed by atoms with van der Waals surface area (Å²) in [5.74, 6) is 0. The molecule has 19 heavy (non-hydrogen) atoms. The van der Waals surface area contributed by atoms with Crippen LogP contribution in [0.2, 0.25) is 0 Å². The highest BCUT2D eigenvalue weighted by Crippen LogP contribution is 2.38. The van der Waals surface area contributed by atoms with Gasteiger partial charge in [0.2, 0.25) is 0 Å². The minimum absolute atomic E-state index is 1.06. The maximum absolute atomic E-state index is 2.34. The van der Waals surface area contributed by atoms with Crippen molar-refractivity contribution in [1.82, 2.24) is 0 Å². The van der Waals surface area contributed by atoms with Crippen LogP contribution in [0.1, 0.15) is 11.1 Å². The van der Waals surface area contributed by atoms with Crippen LogP contribution >= 0.6 is 0 Å². The number of hydrogen-bond acceptors (Lipinski definition) is 0. The number of fused-ring (bicyclic) bond motifs is 3. The van der Waals surface area contributed by atoms with Gasteiger partial charge >= 0.3 is 0 Å². The molecular formula is C19H14. The van der Waals surface area contributed by atoms with E-state index in [-0.39, 0.29) is 0 Å². The van der Waals surface area contributed by atoms with Crippen molar-refractivity contribution in [2.75, 3.05) is 0 Å². The SMILES string of the molecule is c1ccc(-c2ccc3c(c2)Cc2ccccc2-3)cc1. The van der Waals surface area contributed by atoms with Crippen LogP contribution in [-0.2, 0) is 6.42 Å². The molecule has 3 aromatic carbocycles. The van der Waals surface area contributed by atoms with E-state index in [9.17, 15) is 0 Å². The van der Waals surface area contributed by atoms with E-state index in [1.54, 1.807) is 0 Å². The zero-order chi connectivity index (χ0) is 12.7. The molecule has 0 nitrogen and oxygen atoms in total. The fourth-order valence-corrected chi connectivity index (χ4v) is 2.96. The summed E-state index contributed by atoms with van der Waals surface area (Å²) in [5.41, 5.74) is 8.30. The molecule has 0 unspecified atom stereocenters. The fourth-order valence-electron chi connectivity index (χ4n) is 2.96. The second-order valence-electron chi connectivity index (χ2n) is 5.07. The third-order valence-electron chi connectivity index (χ3n) is 3.90. The van der Waals surface area contributed by atoms with Crippen LogP contribution < -0.4 is 0 Å². The molecule has 4 rings (SSSR count). The molecule has 0 saturated heterocycles. The Balaban J connectivity index is 1.84. The van der Waals surface area contributed by atoms with E-state index in [0.717, 1.165) is 6.42 Å². The van der Waals surface area contributed by atoms with E-state index >= 15 is 0 Å². The molecule has 0 fully saturated rings. The quantitative estimate of drug-likeness (QED) is 0.444. The Labute approximate surface area is 113 Å². The van der Waals surface area contributed by atoms with Gasteiger partial charge in [0.25, 0.3) is 0 Å². The van der Waals surface area contributed by atoms with Gasteiger partial charge in [-0.3, -0.25) is 0 Å². The third kappa shape index (κ3) is 1.68. The van der Waals surface area contributed by atoms with Gasteiger partial charge in [0, 0.05) is 0 Å². The summed E-state index contributed by atoms with van der Waals surface area (Å²) in [6.45, 7) is 0. The lowest BCUT2D eigenvalue weighted by Crippen LogP contribution is -1.83. The van der Waals surface area contributed by atoms with Crippen molar-refractivity contribution in [3.63, 3.8) is 0 Å². The second-order valence-corrected chi connectivity index (χ2v) is 5.07. The average molecular weight is 242 g/mol. The highest BCUT2D eigenvalue weighted by atomic mass is 14.2. The first kappa shape index (κ1) is 10.6. The maximum atomic E-state index is 2.34. The molecule has 1 aliphatic rings. The molecule has 0 radical (unpaired) electrons. The van der Waals surface area contributed by atoms with Gasteiger partial charge in [-0.05, 0) is 39.8 Å². The first-order valence-electron chi connectivity index (χ1n) is 6.68. The van der Waals surface area contributed by atoms with E-state index in [0.29, 0.717) is 0 Å². The normalized spacial score (nSPS) is 12.0. The highest BCUT2D eigenvalue weighted by molar-refractivity contribution is 5.80. The van der Waals surface area contributed by atoms with Crippen molar-refractivity contribution >= 4 is 0 Å². The van der Waals surface area contributed by atoms with Crippen molar-refractivity contribution in [2.24, 2.45) is 0 Å². The van der Waals surface area contributed by atoms with Crippen molar-refractivity contribution in [3.8, 4) is 22.3 Å². The Morgan fingerprint density at radius 1 is 0.526 bits per heavy atom. The lowest BCUT2D eigenvalue weighted by Gasteiger charge is -2.05. The molecule has 0 aromatic heterocycles. The maximum Gasteiger partial charge on any atom is -0.00132 e. The fraction of sp³-hybridized carbons (Fsp3) is 0.0526. The van der Waals surface area contributed by atoms with Crippen molar-refractivity contribution in [1.29, 1.82) is 0 Å². The Kier molecular flexibility index (Phi) is 2.28. The molecule has 0 heteroatoms. The molecule has 0 amide bonds. The molecule has 0 N–H and O–H groups in total. The minimum atomic E-state index is 1.06. The van der Waals surface area contributed by atoms with Crippen molar-refractivity contribution < 1.29 is 0 Å². The van der Waals surface area contributed by atoms with Gasteiger partial charge in [0.1, 0.15) is 0 Å². The zero-order valence-electron chi connectivity index (χ0n) is 10.6. The topological polar surface area (TPSA) is 0 Å². The smallest absolute Gasteiger partial charge is 0.00132 e. The predicted octanol–water partition coefficient (Wildman–Crippen LogP) is 4.92. The molecule has 0 heterocycles. The number of rotatable bonds is 1. The molecule has 0 saturated carbocycles. The summed E-state index contributed by atoms with van der Waals surface area (Å²) in [7, 11) is 0. The molecule has 3 aromatic rings. The summed E-state index contributed by atoms with van der Waals surface area (Å²) in [5, 5.41) is 0. The Morgan fingerprint density at radius 2 is 1.26 bits per heavy atom. The zero-order valence-corrected chi connectivity index (χ0v) is 10.6. The largest absolute Gasteiger partial charge is 0.0622 e. The van der Waals surface area contributed by atoms with E-state index in [4.69, 9.17) is 0 Å². The molecule has 0 aliphatic heterocycles. The van der Waals surface area contributed by atoms with E-state index in [2.05, 4.69) is 72.8 Å². The monoisotopic (exact) mass is 242 g/mol. The Bertz CT molecular complexity index is 739. The minimum Gasteiger partial charge on any atom is -0.0622 e. The lowest BCUT2D eigenvalue weighted by atomic mass is 9.99. The summed E-state index contributed by atoms with van der Waals surface area (Å²) < 4.78 is 0. The molecule has 0 bridgehead atoms. The van der Waals surface area contributed by atoms with Crippen LogP contribution in [0, 0.1) is 0 Å². The summed E-state index contributed by atoms with van der Waals surface area (Å²) in [6.07, 6.45) is 1.06. The van der Waals surface area contributed by atoms with Gasteiger partial charge in [-0.15, -0.1) is 0 Å². The second kappa shape index (κ2) is 4.10. The van der Waals surface area contributed by atoms with Crippen molar-refractivity contribution in [3.05, 3.63) is 83.9 Å². The highest BCUT2D eigenvalue weighted by Gasteiger charge is 2.17. The Morgan fingerprint density at radius 3 is 2.16 bits per heavy atom. The average Bonchev–Trinajstić information content (AvgIpc) is 2.86. The molecule has 0 spiro atoms. The van der Waals surface area contributed by atoms with Crippen LogP contribution in [0.5, 0.6) is 0 Å². The van der Waals surface area contributed by atoms with Crippen LogP contribution in [0.25, 0.3) is 22.3 Å². The van der Waals surface area contributed by atoms with Gasteiger partial charge in [0.05, 0.1) is 0 Å². The molecule has 0 atom stereocenters. The molecular weight excluding hydrogens is 228 g/mol. The first-order chi connectivity index (χ1) is 9.42. The lowest BCUT2D eigenvalue weighted by molar-refractivity contribution is 1.26. The van der Waals surface area contributed by atoms with Gasteiger partial charge < -0.3 is 0 Å². The van der Waals surface area contributed by atoms with Crippen molar-refractivity contribution in [2.45, 2.75) is 6.42 Å². The third-order valence-corrected chi connectivity index (χ3v) is 3.90. The van der Waals surface area contributed by atoms with Crippen LogP contribution in [0.3, 0.4) is 0 Å². The van der Waals surface area contributed by atoms with Gasteiger partial charge in [-0.1, -0.05) is 72.8 Å². The predicted molar refractivity (Wildman–Crippen MR) is 80.1 cm³/mol. The van der Waals surface area contributed by atoms with Gasteiger partial charge in [0.15, 0.2) is 0 Å². The summed E-state index contributed by atoms with van der Waals surface area (Å²) in [4.78, 5) is 0. The Hall–Kier alpha value is -2.34. The van der Waals surface area contributed by atoms with Gasteiger partial charge in [-0.2, -0.15) is 0 Å². The molecule has 90 valence electrons. The van der Waals surface area contributed by atoms with Crippen LogP contribution in [-0.4, -0.2) is 0 Å². The molecule has 1 aliphatic carbocycles. The van der Waals surface area contributed by atoms with E-state index in [1.807, 2.05) is 0 Å². The number of benzene rings is 3. The standard InChI is InChI=1S/C19H14/c1-2-6-14(7-3-1)15-10-11-19-17(12-15)13-16-8-4-5-9-18(16)19/h1-12H,13H2. The van der Waals surface area contributed by atoms with Gasteiger partial charge in [-0.25, -0.2) is 0 Å². The van der Waals surface area contributed by atoms with E-state index < -0.39 is 0 Å². The summed E-state index contributed by atoms with van der Waals surface area (Å²) in [6, 6.07) is 26.1.